The van der Waals surface area contributed by atoms with Gasteiger partial charge in [0.05, 0.1) is 0 Å². The maximum Gasteiger partial charge on any atom is 0.299 e. The molecule has 6 nitrogen and oxygen atoms in total. The molecule has 0 fully saturated rings. The second kappa shape index (κ2) is 7.12. The first kappa shape index (κ1) is 18.1. The molecule has 5 rings (SSSR count). The summed E-state index contributed by atoms with van der Waals surface area (Å²) in [6.45, 7) is 1.83. The van der Waals surface area contributed by atoms with Crippen LogP contribution in [-0.4, -0.2) is 29.8 Å². The molecule has 0 bridgehead atoms. The topological polar surface area (TPSA) is 68.9 Å². The van der Waals surface area contributed by atoms with E-state index in [0.29, 0.717) is 10.9 Å². The van der Waals surface area contributed by atoms with Crippen molar-refractivity contribution in [2.75, 3.05) is 0 Å². The molecule has 4 heterocycles. The van der Waals surface area contributed by atoms with Gasteiger partial charge in [0, 0.05) is 10.3 Å². The Morgan fingerprint density at radius 2 is 1.86 bits per heavy atom. The van der Waals surface area contributed by atoms with Crippen molar-refractivity contribution in [3.8, 4) is 10.4 Å². The van der Waals surface area contributed by atoms with Crippen molar-refractivity contribution >= 4 is 39.0 Å². The predicted molar refractivity (Wildman–Crippen MR) is 107 cm³/mol. The summed E-state index contributed by atoms with van der Waals surface area (Å²) in [5.41, 5.74) is 1.38. The number of rotatable bonds is 4. The lowest BCUT2D eigenvalue weighted by molar-refractivity contribution is 0.137. The molecule has 29 heavy (non-hydrogen) atoms. The molecule has 0 aliphatic carbocycles. The fourth-order valence-electron chi connectivity index (χ4n) is 2.90. The third-order valence-electron chi connectivity index (χ3n) is 4.19. The Hall–Kier alpha value is -2.98. The number of benzene rings is 1. The number of nitrogens with zero attached hydrogens (tertiary/aromatic N) is 6. The molecule has 0 N–H and O–H groups in total. The Morgan fingerprint density at radius 3 is 2.66 bits per heavy atom. The van der Waals surface area contributed by atoms with Gasteiger partial charge >= 0.3 is 0 Å². The third kappa shape index (κ3) is 3.34. The monoisotopic (exact) mass is 426 g/mol. The van der Waals surface area contributed by atoms with E-state index < -0.39 is 12.2 Å². The highest BCUT2D eigenvalue weighted by Gasteiger charge is 2.18. The zero-order valence-electron chi connectivity index (χ0n) is 15.0. The van der Waals surface area contributed by atoms with Crippen LogP contribution in [-0.2, 0) is 0 Å². The van der Waals surface area contributed by atoms with E-state index in [2.05, 4.69) is 31.3 Å². The van der Waals surface area contributed by atoms with Gasteiger partial charge in [0.15, 0.2) is 5.65 Å². The van der Waals surface area contributed by atoms with Crippen molar-refractivity contribution < 1.29 is 8.78 Å². The number of hydrogen-bond donors (Lipinski definition) is 0. The van der Waals surface area contributed by atoms with Crippen LogP contribution in [0.4, 0.5) is 8.78 Å². The van der Waals surface area contributed by atoms with Crippen LogP contribution in [0.15, 0.2) is 58.6 Å². The highest BCUT2D eigenvalue weighted by Crippen LogP contribution is 2.38. The van der Waals surface area contributed by atoms with E-state index >= 15 is 0 Å². The van der Waals surface area contributed by atoms with Gasteiger partial charge in [0.2, 0.25) is 5.82 Å². The Labute approximate surface area is 171 Å². The highest BCUT2D eigenvalue weighted by molar-refractivity contribution is 7.99. The summed E-state index contributed by atoms with van der Waals surface area (Å²) in [5, 5.41) is 13.7. The summed E-state index contributed by atoms with van der Waals surface area (Å²) in [6, 6.07) is 15.4. The Balaban J connectivity index is 1.59. The Kier molecular flexibility index (Phi) is 4.44. The lowest BCUT2D eigenvalue weighted by Gasteiger charge is -2.04. The molecule has 4 aromatic heterocycles. The number of hydrogen-bond acceptors (Lipinski definition) is 7. The van der Waals surface area contributed by atoms with Crippen molar-refractivity contribution in [1.82, 2.24) is 29.8 Å². The van der Waals surface area contributed by atoms with Crippen LogP contribution in [0.3, 0.4) is 0 Å². The number of aryl methyl sites for hydroxylation is 1. The van der Waals surface area contributed by atoms with Gasteiger partial charge in [-0.25, -0.2) is 18.7 Å². The van der Waals surface area contributed by atoms with Crippen molar-refractivity contribution in [3.63, 3.8) is 0 Å². The van der Waals surface area contributed by atoms with Gasteiger partial charge in [-0.05, 0) is 42.4 Å². The average Bonchev–Trinajstić information content (AvgIpc) is 3.32. The molecular formula is C19H12F2N6S2. The summed E-state index contributed by atoms with van der Waals surface area (Å²) in [5.74, 6) is 0.161. The smallest absolute Gasteiger partial charge is 0.226 e. The SMILES string of the molecule is Cc1nc(Sc2ccc3nnc(C(F)F)n3n2)c2cc(-c3ccccc3)sc2n1. The van der Waals surface area contributed by atoms with Crippen LogP contribution in [0, 0.1) is 6.92 Å². The lowest BCUT2D eigenvalue weighted by Crippen LogP contribution is -2.00. The predicted octanol–water partition coefficient (Wildman–Crippen LogP) is 5.19. The van der Waals surface area contributed by atoms with E-state index in [4.69, 9.17) is 0 Å². The molecule has 0 spiro atoms. The maximum atomic E-state index is 13.1. The van der Waals surface area contributed by atoms with E-state index in [0.717, 1.165) is 30.2 Å². The van der Waals surface area contributed by atoms with Crippen molar-refractivity contribution in [1.29, 1.82) is 0 Å². The second-order valence-electron chi connectivity index (χ2n) is 6.17. The summed E-state index contributed by atoms with van der Waals surface area (Å²) in [4.78, 5) is 11.1. The highest BCUT2D eigenvalue weighted by atomic mass is 32.2. The Bertz CT molecular complexity index is 1330. The van der Waals surface area contributed by atoms with E-state index in [1.165, 1.54) is 11.8 Å². The first-order valence-electron chi connectivity index (χ1n) is 8.60. The van der Waals surface area contributed by atoms with E-state index in [9.17, 15) is 8.78 Å². The lowest BCUT2D eigenvalue weighted by atomic mass is 10.2. The van der Waals surface area contributed by atoms with Gasteiger partial charge in [0.1, 0.15) is 20.7 Å². The van der Waals surface area contributed by atoms with E-state index in [1.807, 2.05) is 37.3 Å². The summed E-state index contributed by atoms with van der Waals surface area (Å²) >= 11 is 2.89. The first-order chi connectivity index (χ1) is 14.1. The maximum absolute atomic E-state index is 13.1. The van der Waals surface area contributed by atoms with E-state index in [-0.39, 0.29) is 5.65 Å². The molecule has 5 aromatic rings. The minimum absolute atomic E-state index is 0.274. The van der Waals surface area contributed by atoms with Crippen molar-refractivity contribution in [2.24, 2.45) is 0 Å². The van der Waals surface area contributed by atoms with E-state index in [1.54, 1.807) is 23.5 Å². The van der Waals surface area contributed by atoms with Gasteiger partial charge in [0.25, 0.3) is 6.43 Å². The molecule has 0 unspecified atom stereocenters. The molecule has 0 radical (unpaired) electrons. The number of fused-ring (bicyclic) bond motifs is 2. The van der Waals surface area contributed by atoms with Gasteiger partial charge in [-0.3, -0.25) is 0 Å². The van der Waals surface area contributed by atoms with Crippen LogP contribution in [0.1, 0.15) is 18.1 Å². The van der Waals surface area contributed by atoms with Crippen LogP contribution in [0.2, 0.25) is 0 Å². The fraction of sp³-hybridized carbons (Fsp3) is 0.105. The number of aromatic nitrogens is 6. The molecule has 0 atom stereocenters. The molecule has 1 aromatic carbocycles. The quantitative estimate of drug-likeness (QED) is 0.368. The first-order valence-corrected chi connectivity index (χ1v) is 10.2. The van der Waals surface area contributed by atoms with Crippen molar-refractivity contribution in [2.45, 2.75) is 23.4 Å². The molecule has 0 aliphatic rings. The number of halogens is 2. The number of alkyl halides is 2. The zero-order valence-corrected chi connectivity index (χ0v) is 16.6. The van der Waals surface area contributed by atoms with Gasteiger partial charge in [-0.15, -0.1) is 21.5 Å². The number of thiophene rings is 1. The van der Waals surface area contributed by atoms with Crippen LogP contribution in [0.25, 0.3) is 26.3 Å². The Morgan fingerprint density at radius 1 is 1.03 bits per heavy atom. The van der Waals surface area contributed by atoms with Gasteiger partial charge in [-0.2, -0.15) is 9.61 Å². The molecule has 0 amide bonds. The molecule has 0 saturated carbocycles. The summed E-state index contributed by atoms with van der Waals surface area (Å²) < 4.78 is 27.3. The van der Waals surface area contributed by atoms with Gasteiger partial charge in [-0.1, -0.05) is 30.3 Å². The zero-order chi connectivity index (χ0) is 20.0. The minimum atomic E-state index is -2.75. The normalized spacial score (nSPS) is 11.7. The minimum Gasteiger partial charge on any atom is -0.226 e. The second-order valence-corrected chi connectivity index (χ2v) is 8.21. The largest absolute Gasteiger partial charge is 0.299 e. The standard InChI is InChI=1S/C19H12F2N6S2/c1-10-22-18-12(9-13(28-18)11-5-3-2-4-6-11)19(23-10)29-15-8-7-14-24-25-17(16(20)21)27(14)26-15/h2-9,16H,1H3. The van der Waals surface area contributed by atoms with Crippen LogP contribution >= 0.6 is 23.1 Å². The summed E-state index contributed by atoms with van der Waals surface area (Å²) in [7, 11) is 0. The summed E-state index contributed by atoms with van der Waals surface area (Å²) in [6.07, 6.45) is -2.75. The van der Waals surface area contributed by atoms with Gasteiger partial charge < -0.3 is 0 Å². The molecular weight excluding hydrogens is 414 g/mol. The molecule has 0 saturated heterocycles. The molecule has 10 heteroatoms. The third-order valence-corrected chi connectivity index (χ3v) is 6.20. The van der Waals surface area contributed by atoms with Crippen molar-refractivity contribution in [3.05, 3.63) is 60.2 Å². The average molecular weight is 426 g/mol. The van der Waals surface area contributed by atoms with Crippen LogP contribution < -0.4 is 0 Å². The van der Waals surface area contributed by atoms with Crippen LogP contribution in [0.5, 0.6) is 0 Å². The molecule has 0 aliphatic heterocycles. The molecule has 144 valence electrons. The fourth-order valence-corrected chi connectivity index (χ4v) is 4.94.